The molecule has 3 nitrogen and oxygen atoms in total. The van der Waals surface area contributed by atoms with Crippen LogP contribution in [0.4, 0.5) is 17.1 Å². The zero-order valence-electron chi connectivity index (χ0n) is 21.5. The van der Waals surface area contributed by atoms with Gasteiger partial charge >= 0.3 is 5.97 Å². The average Bonchev–Trinajstić information content (AvgIpc) is 3.44. The van der Waals surface area contributed by atoms with E-state index in [4.69, 9.17) is 4.74 Å². The highest BCUT2D eigenvalue weighted by molar-refractivity contribution is 7.97. The number of carbonyl (C=O) groups is 1. The summed E-state index contributed by atoms with van der Waals surface area (Å²) in [7, 11) is 0.415. The smallest absolute Gasteiger partial charge is 0.338 e. The minimum atomic E-state index is -0.206. The summed E-state index contributed by atoms with van der Waals surface area (Å²) in [4.78, 5) is 17.0. The molecule has 0 N–H and O–H groups in total. The number of para-hydroxylation sites is 1. The van der Waals surface area contributed by atoms with Crippen LogP contribution in [0.1, 0.15) is 61.7 Å². The SMILES string of the molecule is O=C(OC12CC3CC(CC(C3)C1)C2)c1ccc(N(c2ccccc2)c2ccc([S+]3CCCC3)cc2)cc1. The maximum Gasteiger partial charge on any atom is 0.338 e. The van der Waals surface area contributed by atoms with Crippen LogP contribution in [0.3, 0.4) is 0 Å². The average molecular weight is 511 g/mol. The Morgan fingerprint density at radius 3 is 1.78 bits per heavy atom. The minimum Gasteiger partial charge on any atom is -0.455 e. The summed E-state index contributed by atoms with van der Waals surface area (Å²) in [5.74, 6) is 4.82. The highest BCUT2D eigenvalue weighted by Gasteiger charge is 2.53. The lowest BCUT2D eigenvalue weighted by Gasteiger charge is -2.55. The summed E-state index contributed by atoms with van der Waals surface area (Å²) in [5.41, 5.74) is 3.76. The van der Waals surface area contributed by atoms with Gasteiger partial charge in [-0.1, -0.05) is 18.2 Å². The molecule has 4 saturated carbocycles. The van der Waals surface area contributed by atoms with Crippen LogP contribution in [0.5, 0.6) is 0 Å². The van der Waals surface area contributed by atoms with E-state index in [0.29, 0.717) is 16.5 Å². The number of ether oxygens (including phenoxy) is 1. The zero-order chi connectivity index (χ0) is 24.8. The van der Waals surface area contributed by atoms with Gasteiger partial charge in [-0.3, -0.25) is 0 Å². The number of anilines is 3. The van der Waals surface area contributed by atoms with Crippen LogP contribution in [0, 0.1) is 17.8 Å². The number of nitrogens with zero attached hydrogens (tertiary/aromatic N) is 1. The predicted octanol–water partition coefficient (Wildman–Crippen LogP) is 8.05. The van der Waals surface area contributed by atoms with E-state index in [1.54, 1.807) is 0 Å². The molecule has 8 rings (SSSR count). The number of hydrogen-bond acceptors (Lipinski definition) is 3. The van der Waals surface area contributed by atoms with Gasteiger partial charge < -0.3 is 9.64 Å². The molecule has 5 fully saturated rings. The third-order valence-corrected chi connectivity index (χ3v) is 11.6. The predicted molar refractivity (Wildman–Crippen MR) is 152 cm³/mol. The molecule has 4 aliphatic carbocycles. The first-order valence-electron chi connectivity index (χ1n) is 14.1. The number of carbonyl (C=O) groups excluding carboxylic acids is 1. The van der Waals surface area contributed by atoms with E-state index in [-0.39, 0.29) is 11.6 Å². The van der Waals surface area contributed by atoms with Crippen LogP contribution >= 0.6 is 0 Å². The second-order valence-corrected chi connectivity index (χ2v) is 14.1. The highest BCUT2D eigenvalue weighted by atomic mass is 32.2. The minimum absolute atomic E-state index is 0.151. The number of rotatable bonds is 6. The molecule has 37 heavy (non-hydrogen) atoms. The lowest BCUT2D eigenvalue weighted by Crippen LogP contribution is -2.52. The summed E-state index contributed by atoms with van der Waals surface area (Å²) in [5, 5.41) is 0. The Hall–Kier alpha value is -2.72. The number of hydrogen-bond donors (Lipinski definition) is 0. The first-order chi connectivity index (χ1) is 18.1. The Bertz CT molecular complexity index is 1210. The molecular formula is C33H36NO2S+. The van der Waals surface area contributed by atoms with E-state index in [0.717, 1.165) is 54.1 Å². The van der Waals surface area contributed by atoms with Gasteiger partial charge in [-0.15, -0.1) is 0 Å². The number of benzene rings is 3. The van der Waals surface area contributed by atoms with Crippen LogP contribution in [0.25, 0.3) is 0 Å². The van der Waals surface area contributed by atoms with Gasteiger partial charge in [0.05, 0.1) is 5.56 Å². The third kappa shape index (κ3) is 4.58. The second-order valence-electron chi connectivity index (χ2n) is 11.8. The van der Waals surface area contributed by atoms with E-state index in [1.165, 1.54) is 48.5 Å². The summed E-state index contributed by atoms with van der Waals surface area (Å²) in [6.07, 6.45) is 9.98. The molecule has 0 aromatic heterocycles. The van der Waals surface area contributed by atoms with Crippen molar-refractivity contribution in [3.8, 4) is 0 Å². The van der Waals surface area contributed by atoms with Crippen molar-refractivity contribution in [3.63, 3.8) is 0 Å². The molecule has 5 aliphatic rings. The van der Waals surface area contributed by atoms with Crippen molar-refractivity contribution < 1.29 is 9.53 Å². The Kier molecular flexibility index (Phi) is 6.04. The molecule has 3 aromatic rings. The van der Waals surface area contributed by atoms with Gasteiger partial charge in [0.25, 0.3) is 0 Å². The highest BCUT2D eigenvalue weighted by Crippen LogP contribution is 2.57. The van der Waals surface area contributed by atoms with Crippen molar-refractivity contribution >= 4 is 33.9 Å². The summed E-state index contributed by atoms with van der Waals surface area (Å²) in [6, 6.07) is 27.6. The molecule has 0 unspecified atom stereocenters. The zero-order valence-corrected chi connectivity index (χ0v) is 22.3. The van der Waals surface area contributed by atoms with Crippen molar-refractivity contribution in [1.29, 1.82) is 0 Å². The van der Waals surface area contributed by atoms with Gasteiger partial charge in [-0.2, -0.15) is 0 Å². The Morgan fingerprint density at radius 1 is 0.703 bits per heavy atom. The Balaban J connectivity index is 1.13. The van der Waals surface area contributed by atoms with Crippen molar-refractivity contribution in [1.82, 2.24) is 0 Å². The van der Waals surface area contributed by atoms with Crippen LogP contribution in [0.2, 0.25) is 0 Å². The molecule has 1 saturated heterocycles. The Morgan fingerprint density at radius 2 is 1.22 bits per heavy atom. The van der Waals surface area contributed by atoms with Gasteiger partial charge in [-0.05, 0) is 130 Å². The van der Waals surface area contributed by atoms with Crippen molar-refractivity contribution in [3.05, 3.63) is 84.4 Å². The van der Waals surface area contributed by atoms with Crippen LogP contribution in [-0.4, -0.2) is 23.1 Å². The fourth-order valence-electron chi connectivity index (χ4n) is 7.86. The van der Waals surface area contributed by atoms with Gasteiger partial charge in [0.2, 0.25) is 0 Å². The molecule has 0 atom stereocenters. The van der Waals surface area contributed by atoms with Gasteiger partial charge in [-0.25, -0.2) is 4.79 Å². The molecule has 3 aromatic carbocycles. The maximum atomic E-state index is 13.3. The molecule has 0 amide bonds. The van der Waals surface area contributed by atoms with Crippen LogP contribution in [-0.2, 0) is 15.6 Å². The molecule has 4 heteroatoms. The monoisotopic (exact) mass is 510 g/mol. The van der Waals surface area contributed by atoms with Crippen molar-refractivity contribution in [2.75, 3.05) is 16.4 Å². The molecule has 0 radical (unpaired) electrons. The third-order valence-electron chi connectivity index (χ3n) is 9.13. The first kappa shape index (κ1) is 23.4. The lowest BCUT2D eigenvalue weighted by molar-refractivity contribution is -0.131. The first-order valence-corrected chi connectivity index (χ1v) is 15.7. The van der Waals surface area contributed by atoms with E-state index in [9.17, 15) is 4.79 Å². The quantitative estimate of drug-likeness (QED) is 0.248. The van der Waals surface area contributed by atoms with E-state index in [1.807, 2.05) is 12.1 Å². The van der Waals surface area contributed by atoms with Gasteiger partial charge in [0.1, 0.15) is 17.1 Å². The lowest BCUT2D eigenvalue weighted by atomic mass is 9.54. The fourth-order valence-corrected chi connectivity index (χ4v) is 10.2. The van der Waals surface area contributed by atoms with Crippen LogP contribution < -0.4 is 4.90 Å². The van der Waals surface area contributed by atoms with Crippen LogP contribution in [0.15, 0.2) is 83.8 Å². The molecule has 1 heterocycles. The van der Waals surface area contributed by atoms with E-state index in [2.05, 4.69) is 71.6 Å². The molecule has 0 spiro atoms. The topological polar surface area (TPSA) is 29.5 Å². The van der Waals surface area contributed by atoms with Gasteiger partial charge in [0, 0.05) is 28.0 Å². The maximum absolute atomic E-state index is 13.3. The van der Waals surface area contributed by atoms with Gasteiger partial charge in [0.15, 0.2) is 4.90 Å². The summed E-state index contributed by atoms with van der Waals surface area (Å²) < 4.78 is 6.32. The van der Waals surface area contributed by atoms with E-state index >= 15 is 0 Å². The Labute approximate surface area is 223 Å². The van der Waals surface area contributed by atoms with E-state index < -0.39 is 0 Å². The molecule has 1 aliphatic heterocycles. The molecule has 4 bridgehead atoms. The molecular weight excluding hydrogens is 474 g/mol. The molecule has 190 valence electrons. The summed E-state index contributed by atoms with van der Waals surface area (Å²) in [6.45, 7) is 0. The standard InChI is InChI=1S/C33H36NO2S/c35-32(36-33-21-24-18-25(22-33)20-26(19-24)23-33)27-8-10-29(11-9-27)34(28-6-2-1-3-7-28)30-12-14-31(15-13-30)37-16-4-5-17-37/h1-3,6-15,24-26H,4-5,16-23H2/q+1. The largest absolute Gasteiger partial charge is 0.455 e. The fraction of sp³-hybridized carbons (Fsp3) is 0.424. The normalized spacial score (nSPS) is 28.4. The van der Waals surface area contributed by atoms with Crippen molar-refractivity contribution in [2.45, 2.75) is 61.9 Å². The van der Waals surface area contributed by atoms with Crippen molar-refractivity contribution in [2.24, 2.45) is 17.8 Å². The summed E-state index contributed by atoms with van der Waals surface area (Å²) >= 11 is 0. The second kappa shape index (κ2) is 9.54. The number of esters is 1.